The lowest BCUT2D eigenvalue weighted by Crippen LogP contribution is -2.46. The first-order valence-electron chi connectivity index (χ1n) is 5.42. The summed E-state index contributed by atoms with van der Waals surface area (Å²) in [5.41, 5.74) is 0. The molecule has 1 N–H and O–H groups in total. The largest absolute Gasteiger partial charge is 0.312 e. The fourth-order valence-corrected chi connectivity index (χ4v) is 2.75. The van der Waals surface area contributed by atoms with Gasteiger partial charge in [-0.1, -0.05) is 13.3 Å². The fraction of sp³-hybridized carbons (Fsp3) is 0.909. The van der Waals surface area contributed by atoms with Gasteiger partial charge in [-0.2, -0.15) is 17.0 Å². The molecule has 80 valence electrons. The first-order chi connectivity index (χ1) is 6.76. The molecule has 1 aliphatic rings. The average Bonchev–Trinajstić information content (AvgIpc) is 2.15. The zero-order valence-electron chi connectivity index (χ0n) is 9.18. The Bertz CT molecular complexity index is 200. The van der Waals surface area contributed by atoms with E-state index < -0.39 is 0 Å². The Morgan fingerprint density at radius 3 is 2.64 bits per heavy atom. The molecule has 1 fully saturated rings. The highest BCUT2D eigenvalue weighted by atomic mass is 32.2. The molecular formula is C11H20N2S. The zero-order valence-corrected chi connectivity index (χ0v) is 9.99. The SMILES string of the molecule is CCC(CC#N)NCC1(SC)CCC1. The number of nitriles is 1. The van der Waals surface area contributed by atoms with Crippen LogP contribution in [0.1, 0.15) is 39.0 Å². The summed E-state index contributed by atoms with van der Waals surface area (Å²) >= 11 is 1.98. The predicted molar refractivity (Wildman–Crippen MR) is 62.4 cm³/mol. The number of hydrogen-bond acceptors (Lipinski definition) is 3. The third-order valence-electron chi connectivity index (χ3n) is 3.24. The van der Waals surface area contributed by atoms with Gasteiger partial charge in [0.1, 0.15) is 0 Å². The van der Waals surface area contributed by atoms with E-state index in [1.54, 1.807) is 0 Å². The van der Waals surface area contributed by atoms with Crippen molar-refractivity contribution >= 4 is 11.8 Å². The van der Waals surface area contributed by atoms with E-state index in [4.69, 9.17) is 5.26 Å². The van der Waals surface area contributed by atoms with Crippen LogP contribution < -0.4 is 5.32 Å². The van der Waals surface area contributed by atoms with Crippen LogP contribution in [0.15, 0.2) is 0 Å². The van der Waals surface area contributed by atoms with Crippen LogP contribution in [0, 0.1) is 11.3 Å². The highest BCUT2D eigenvalue weighted by Gasteiger charge is 2.35. The lowest BCUT2D eigenvalue weighted by atomic mass is 9.84. The van der Waals surface area contributed by atoms with Crippen molar-refractivity contribution in [1.82, 2.24) is 5.32 Å². The van der Waals surface area contributed by atoms with E-state index in [0.717, 1.165) is 13.0 Å². The van der Waals surface area contributed by atoms with Gasteiger partial charge < -0.3 is 5.32 Å². The monoisotopic (exact) mass is 212 g/mol. The van der Waals surface area contributed by atoms with Gasteiger partial charge in [-0.3, -0.25) is 0 Å². The number of rotatable bonds is 6. The molecule has 14 heavy (non-hydrogen) atoms. The second-order valence-electron chi connectivity index (χ2n) is 4.09. The van der Waals surface area contributed by atoms with Gasteiger partial charge in [0.15, 0.2) is 0 Å². The van der Waals surface area contributed by atoms with Gasteiger partial charge in [0.2, 0.25) is 0 Å². The van der Waals surface area contributed by atoms with Crippen LogP contribution in [0.25, 0.3) is 0 Å². The number of nitrogens with zero attached hydrogens (tertiary/aromatic N) is 1. The number of nitrogens with one attached hydrogen (secondary N) is 1. The zero-order chi connectivity index (χ0) is 10.4. The van der Waals surface area contributed by atoms with E-state index >= 15 is 0 Å². The standard InChI is InChI=1S/C11H20N2S/c1-3-10(5-8-12)13-9-11(14-2)6-4-7-11/h10,13H,3-7,9H2,1-2H3. The minimum atomic E-state index is 0.393. The van der Waals surface area contributed by atoms with E-state index in [1.165, 1.54) is 19.3 Å². The molecule has 1 atom stereocenters. The topological polar surface area (TPSA) is 35.8 Å². The Balaban J connectivity index is 2.27. The lowest BCUT2D eigenvalue weighted by molar-refractivity contribution is 0.327. The molecule has 0 radical (unpaired) electrons. The molecule has 0 aromatic heterocycles. The summed E-state index contributed by atoms with van der Waals surface area (Å²) in [6, 6.07) is 2.63. The normalized spacial score (nSPS) is 20.9. The van der Waals surface area contributed by atoms with Crippen molar-refractivity contribution in [2.24, 2.45) is 0 Å². The maximum absolute atomic E-state index is 8.63. The second-order valence-corrected chi connectivity index (χ2v) is 5.36. The summed E-state index contributed by atoms with van der Waals surface area (Å²) in [5, 5.41) is 12.2. The molecular weight excluding hydrogens is 192 g/mol. The van der Waals surface area contributed by atoms with Crippen LogP contribution in [0.3, 0.4) is 0 Å². The molecule has 1 rings (SSSR count). The first-order valence-corrected chi connectivity index (χ1v) is 6.64. The maximum Gasteiger partial charge on any atom is 0.0638 e. The van der Waals surface area contributed by atoms with Crippen LogP contribution in [-0.4, -0.2) is 23.6 Å². The van der Waals surface area contributed by atoms with Gasteiger partial charge in [0, 0.05) is 17.3 Å². The predicted octanol–water partition coefficient (Wildman–Crippen LogP) is 2.55. The highest BCUT2D eigenvalue weighted by molar-refractivity contribution is 8.00. The molecule has 1 saturated carbocycles. The summed E-state index contributed by atoms with van der Waals surface area (Å²) in [6.45, 7) is 3.22. The molecule has 0 amide bonds. The van der Waals surface area contributed by atoms with Crippen molar-refractivity contribution in [2.75, 3.05) is 12.8 Å². The van der Waals surface area contributed by atoms with Gasteiger partial charge in [-0.15, -0.1) is 0 Å². The Morgan fingerprint density at radius 1 is 1.57 bits per heavy atom. The summed E-state index contributed by atoms with van der Waals surface area (Å²) < 4.78 is 0.489. The summed E-state index contributed by atoms with van der Waals surface area (Å²) in [4.78, 5) is 0. The quantitative estimate of drug-likeness (QED) is 0.735. The molecule has 0 saturated heterocycles. The molecule has 0 aliphatic heterocycles. The van der Waals surface area contributed by atoms with Crippen molar-refractivity contribution < 1.29 is 0 Å². The Morgan fingerprint density at radius 2 is 2.29 bits per heavy atom. The van der Waals surface area contributed by atoms with Gasteiger partial charge in [-0.05, 0) is 25.5 Å². The van der Waals surface area contributed by atoms with E-state index in [-0.39, 0.29) is 0 Å². The lowest BCUT2D eigenvalue weighted by Gasteiger charge is -2.41. The van der Waals surface area contributed by atoms with E-state index in [1.807, 2.05) is 11.8 Å². The van der Waals surface area contributed by atoms with E-state index in [0.29, 0.717) is 17.2 Å². The van der Waals surface area contributed by atoms with Gasteiger partial charge in [-0.25, -0.2) is 0 Å². The third-order valence-corrected chi connectivity index (χ3v) is 4.66. The summed E-state index contributed by atoms with van der Waals surface area (Å²) in [5.74, 6) is 0. The van der Waals surface area contributed by atoms with Gasteiger partial charge >= 0.3 is 0 Å². The van der Waals surface area contributed by atoms with Gasteiger partial charge in [0.05, 0.1) is 12.5 Å². The molecule has 0 spiro atoms. The van der Waals surface area contributed by atoms with Crippen LogP contribution in [0.2, 0.25) is 0 Å². The molecule has 0 aromatic carbocycles. The Kier molecular flexibility index (Phi) is 4.77. The fourth-order valence-electron chi connectivity index (χ4n) is 1.83. The van der Waals surface area contributed by atoms with Crippen LogP contribution in [0.5, 0.6) is 0 Å². The maximum atomic E-state index is 8.63. The van der Waals surface area contributed by atoms with Crippen LogP contribution in [-0.2, 0) is 0 Å². The molecule has 0 bridgehead atoms. The molecule has 3 heteroatoms. The Labute approximate surface area is 91.4 Å². The first kappa shape index (κ1) is 11.9. The molecule has 1 aliphatic carbocycles. The Hall–Kier alpha value is -0.200. The van der Waals surface area contributed by atoms with Crippen molar-refractivity contribution in [3.05, 3.63) is 0 Å². The van der Waals surface area contributed by atoms with E-state index in [2.05, 4.69) is 24.6 Å². The molecule has 2 nitrogen and oxygen atoms in total. The van der Waals surface area contributed by atoms with Crippen molar-refractivity contribution in [2.45, 2.75) is 49.8 Å². The van der Waals surface area contributed by atoms with Crippen molar-refractivity contribution in [3.8, 4) is 6.07 Å². The van der Waals surface area contributed by atoms with Crippen LogP contribution in [0.4, 0.5) is 0 Å². The number of thioether (sulfide) groups is 1. The van der Waals surface area contributed by atoms with Crippen LogP contribution >= 0.6 is 11.8 Å². The van der Waals surface area contributed by atoms with Gasteiger partial charge in [0.25, 0.3) is 0 Å². The van der Waals surface area contributed by atoms with E-state index in [9.17, 15) is 0 Å². The molecule has 0 aromatic rings. The summed E-state index contributed by atoms with van der Waals surface area (Å²) in [7, 11) is 0. The second kappa shape index (κ2) is 5.63. The van der Waals surface area contributed by atoms with Crippen molar-refractivity contribution in [3.63, 3.8) is 0 Å². The summed E-state index contributed by atoms with van der Waals surface area (Å²) in [6.07, 6.45) is 7.94. The smallest absolute Gasteiger partial charge is 0.0638 e. The molecule has 0 heterocycles. The molecule has 1 unspecified atom stereocenters. The number of hydrogen-bond donors (Lipinski definition) is 1. The highest BCUT2D eigenvalue weighted by Crippen LogP contribution is 2.42. The average molecular weight is 212 g/mol. The minimum Gasteiger partial charge on any atom is -0.312 e. The third kappa shape index (κ3) is 2.90. The van der Waals surface area contributed by atoms with Crippen molar-refractivity contribution in [1.29, 1.82) is 5.26 Å². The minimum absolute atomic E-state index is 0.393.